The summed E-state index contributed by atoms with van der Waals surface area (Å²) in [6.45, 7) is 4.40. The molecule has 100 valence electrons. The molecule has 0 aliphatic carbocycles. The molecule has 0 fully saturated rings. The molecule has 1 aromatic carbocycles. The molecule has 0 spiro atoms. The maximum Gasteiger partial charge on any atom is 0.347 e. The highest BCUT2D eigenvalue weighted by Gasteiger charge is 2.29. The Balaban J connectivity index is 0.000000982. The molecule has 0 aliphatic heterocycles. The van der Waals surface area contributed by atoms with E-state index in [1.54, 1.807) is 30.3 Å². The Morgan fingerprint density at radius 2 is 1.79 bits per heavy atom. The fraction of sp³-hybridized carbons (Fsp3) is 0.357. The number of carbonyl (C=O) groups is 1. The molecule has 1 rings (SSSR count). The normalized spacial score (nSPS) is 9.32. The molecule has 0 aliphatic rings. The second-order valence-corrected chi connectivity index (χ2v) is 4.12. The Morgan fingerprint density at radius 1 is 1.32 bits per heavy atom. The van der Waals surface area contributed by atoms with Gasteiger partial charge in [-0.3, -0.25) is 0 Å². The maximum absolute atomic E-state index is 10.8. The van der Waals surface area contributed by atoms with Crippen molar-refractivity contribution in [2.75, 3.05) is 0 Å². The van der Waals surface area contributed by atoms with Crippen LogP contribution in [0.15, 0.2) is 24.3 Å². The maximum atomic E-state index is 10.8. The van der Waals surface area contributed by atoms with Crippen molar-refractivity contribution in [3.05, 3.63) is 29.8 Å². The van der Waals surface area contributed by atoms with E-state index in [1.807, 2.05) is 6.07 Å². The molecule has 0 heterocycles. The number of hydrogen-bond donors (Lipinski definition) is 1. The van der Waals surface area contributed by atoms with Crippen molar-refractivity contribution in [1.82, 2.24) is 0 Å². The van der Waals surface area contributed by atoms with Gasteiger partial charge in [0.05, 0.1) is 18.6 Å². The first-order valence-corrected chi connectivity index (χ1v) is 5.56. The number of carboxylic acid groups (broad SMARTS) is 1. The van der Waals surface area contributed by atoms with Gasteiger partial charge < -0.3 is 9.84 Å². The average Bonchev–Trinajstić information content (AvgIpc) is 2.32. The van der Waals surface area contributed by atoms with Crippen LogP contribution in [0.3, 0.4) is 0 Å². The van der Waals surface area contributed by atoms with Crippen LogP contribution in [0.5, 0.6) is 5.75 Å². The van der Waals surface area contributed by atoms with Gasteiger partial charge in [0, 0.05) is 6.92 Å². The summed E-state index contributed by atoms with van der Waals surface area (Å²) >= 11 is 0. The minimum Gasteiger partial charge on any atom is -0.478 e. The van der Waals surface area contributed by atoms with Gasteiger partial charge in [0.25, 0.3) is 0 Å². The van der Waals surface area contributed by atoms with Crippen LogP contribution in [0.25, 0.3) is 0 Å². The van der Waals surface area contributed by atoms with Gasteiger partial charge in [0.2, 0.25) is 0 Å². The molecule has 0 saturated heterocycles. The number of aliphatic carboxylic acids is 1. The molecule has 5 heteroatoms. The molecule has 5 nitrogen and oxygen atoms in total. The molecule has 0 amide bonds. The molecule has 0 radical (unpaired) electrons. The second-order valence-electron chi connectivity index (χ2n) is 4.12. The number of ether oxygens (including phenoxy) is 1. The van der Waals surface area contributed by atoms with Gasteiger partial charge >= 0.3 is 5.97 Å². The zero-order valence-electron chi connectivity index (χ0n) is 11.2. The van der Waals surface area contributed by atoms with Gasteiger partial charge in [-0.05, 0) is 31.5 Å². The summed E-state index contributed by atoms with van der Waals surface area (Å²) in [5, 5.41) is 24.7. The highest BCUT2D eigenvalue weighted by molar-refractivity contribution is 5.76. The van der Waals surface area contributed by atoms with E-state index < -0.39 is 11.6 Å². The Bertz CT molecular complexity index is 493. The fourth-order valence-corrected chi connectivity index (χ4v) is 1.10. The molecular formula is C14H16N2O3. The SMILES string of the molecule is CC#N.CC(C)(Oc1ccc(CC#N)cc1)C(=O)O. The minimum absolute atomic E-state index is 0.336. The molecule has 1 N–H and O–H groups in total. The van der Waals surface area contributed by atoms with Crippen molar-refractivity contribution >= 4 is 5.97 Å². The van der Waals surface area contributed by atoms with Crippen molar-refractivity contribution in [3.63, 3.8) is 0 Å². The lowest BCUT2D eigenvalue weighted by molar-refractivity contribution is -0.152. The first-order valence-electron chi connectivity index (χ1n) is 5.56. The number of nitriles is 2. The van der Waals surface area contributed by atoms with Crippen molar-refractivity contribution < 1.29 is 14.6 Å². The van der Waals surface area contributed by atoms with Crippen LogP contribution < -0.4 is 4.74 Å². The van der Waals surface area contributed by atoms with Gasteiger partial charge in [-0.1, -0.05) is 12.1 Å². The molecule has 0 atom stereocenters. The van der Waals surface area contributed by atoms with E-state index in [0.29, 0.717) is 12.2 Å². The second kappa shape index (κ2) is 7.73. The monoisotopic (exact) mass is 260 g/mol. The smallest absolute Gasteiger partial charge is 0.347 e. The first kappa shape index (κ1) is 16.5. The molecular weight excluding hydrogens is 244 g/mol. The highest BCUT2D eigenvalue weighted by Crippen LogP contribution is 2.19. The quantitative estimate of drug-likeness (QED) is 0.897. The van der Waals surface area contributed by atoms with Gasteiger partial charge in [-0.25, -0.2) is 4.79 Å². The van der Waals surface area contributed by atoms with Crippen LogP contribution in [-0.2, 0) is 11.2 Å². The Hall–Kier alpha value is -2.53. The zero-order valence-corrected chi connectivity index (χ0v) is 11.2. The van der Waals surface area contributed by atoms with Crippen LogP contribution in [0, 0.1) is 22.7 Å². The molecule has 0 saturated carbocycles. The number of benzene rings is 1. The van der Waals surface area contributed by atoms with E-state index in [2.05, 4.69) is 0 Å². The van der Waals surface area contributed by atoms with E-state index in [1.165, 1.54) is 20.8 Å². The molecule has 0 unspecified atom stereocenters. The van der Waals surface area contributed by atoms with Crippen molar-refractivity contribution in [1.29, 1.82) is 10.5 Å². The van der Waals surface area contributed by atoms with Crippen LogP contribution in [0.1, 0.15) is 26.3 Å². The van der Waals surface area contributed by atoms with Crippen molar-refractivity contribution in [2.45, 2.75) is 32.8 Å². The van der Waals surface area contributed by atoms with E-state index in [9.17, 15) is 4.79 Å². The summed E-state index contributed by atoms with van der Waals surface area (Å²) in [6.07, 6.45) is 0.336. The number of carboxylic acids is 1. The van der Waals surface area contributed by atoms with Gasteiger partial charge in [0.1, 0.15) is 5.75 Å². The average molecular weight is 260 g/mol. The summed E-state index contributed by atoms with van der Waals surface area (Å²) in [5.41, 5.74) is -0.375. The van der Waals surface area contributed by atoms with E-state index in [-0.39, 0.29) is 0 Å². The summed E-state index contributed by atoms with van der Waals surface area (Å²) in [6, 6.07) is 10.6. The van der Waals surface area contributed by atoms with Gasteiger partial charge in [-0.2, -0.15) is 10.5 Å². The zero-order chi connectivity index (χ0) is 14.9. The number of rotatable bonds is 4. The van der Waals surface area contributed by atoms with E-state index in [0.717, 1.165) is 5.56 Å². The topological polar surface area (TPSA) is 94.1 Å². The third kappa shape index (κ3) is 6.09. The third-order valence-electron chi connectivity index (χ3n) is 2.09. The molecule has 0 aromatic heterocycles. The lowest BCUT2D eigenvalue weighted by Gasteiger charge is -2.21. The first-order chi connectivity index (χ1) is 8.87. The predicted octanol–water partition coefficient (Wildman–Crippen LogP) is 2.52. The largest absolute Gasteiger partial charge is 0.478 e. The number of hydrogen-bond acceptors (Lipinski definition) is 4. The molecule has 19 heavy (non-hydrogen) atoms. The summed E-state index contributed by atoms with van der Waals surface area (Å²) < 4.78 is 5.31. The summed E-state index contributed by atoms with van der Waals surface area (Å²) in [5.74, 6) is -0.539. The van der Waals surface area contributed by atoms with Crippen LogP contribution in [-0.4, -0.2) is 16.7 Å². The van der Waals surface area contributed by atoms with Gasteiger partial charge in [-0.15, -0.1) is 0 Å². The lowest BCUT2D eigenvalue weighted by Crippen LogP contribution is -2.37. The Morgan fingerprint density at radius 3 is 2.16 bits per heavy atom. The Labute approximate surface area is 112 Å². The molecule has 1 aromatic rings. The Kier molecular flexibility index (Phi) is 6.70. The highest BCUT2D eigenvalue weighted by atomic mass is 16.5. The standard InChI is InChI=1S/C12H13NO3.C2H3N/c1-12(2,11(14)15)16-10-5-3-9(4-6-10)7-8-13;1-2-3/h3-6H,7H2,1-2H3,(H,14,15);1H3. The van der Waals surface area contributed by atoms with Crippen LogP contribution >= 0.6 is 0 Å². The summed E-state index contributed by atoms with van der Waals surface area (Å²) in [4.78, 5) is 10.8. The van der Waals surface area contributed by atoms with Gasteiger partial charge in [0.15, 0.2) is 5.60 Å². The summed E-state index contributed by atoms with van der Waals surface area (Å²) in [7, 11) is 0. The third-order valence-corrected chi connectivity index (χ3v) is 2.09. The lowest BCUT2D eigenvalue weighted by atomic mass is 10.1. The fourth-order valence-electron chi connectivity index (χ4n) is 1.10. The van der Waals surface area contributed by atoms with E-state index in [4.69, 9.17) is 20.4 Å². The van der Waals surface area contributed by atoms with Crippen LogP contribution in [0.2, 0.25) is 0 Å². The van der Waals surface area contributed by atoms with E-state index >= 15 is 0 Å². The van der Waals surface area contributed by atoms with Crippen molar-refractivity contribution in [3.8, 4) is 17.9 Å². The van der Waals surface area contributed by atoms with Crippen LogP contribution in [0.4, 0.5) is 0 Å². The number of nitrogens with zero attached hydrogens (tertiary/aromatic N) is 2. The predicted molar refractivity (Wildman–Crippen MR) is 69.4 cm³/mol. The minimum atomic E-state index is -1.25. The van der Waals surface area contributed by atoms with Crippen molar-refractivity contribution in [2.24, 2.45) is 0 Å². The molecule has 0 bridgehead atoms.